The minimum Gasteiger partial charge on any atom is -0.300 e. The predicted molar refractivity (Wildman–Crippen MR) is 79.5 cm³/mol. The Bertz CT molecular complexity index is 427. The molecule has 1 heterocycles. The normalized spacial score (nSPS) is 20.0. The molecule has 1 aliphatic rings. The van der Waals surface area contributed by atoms with Crippen LogP contribution in [0.15, 0.2) is 24.3 Å². The first-order chi connectivity index (χ1) is 9.70. The van der Waals surface area contributed by atoms with E-state index >= 15 is 0 Å². The van der Waals surface area contributed by atoms with Gasteiger partial charge in [-0.15, -0.1) is 0 Å². The Morgan fingerprint density at radius 2 is 2.05 bits per heavy atom. The van der Waals surface area contributed by atoms with Gasteiger partial charge in [-0.25, -0.2) is 4.39 Å². The maximum Gasteiger partial charge on any atom is 0.164 e. The number of halogens is 1. The molecule has 0 amide bonds. The van der Waals surface area contributed by atoms with Gasteiger partial charge in [0.2, 0.25) is 0 Å². The zero-order valence-electron chi connectivity index (χ0n) is 12.3. The van der Waals surface area contributed by atoms with Gasteiger partial charge >= 0.3 is 0 Å². The number of hydrogen-bond donors (Lipinski definition) is 0. The third-order valence-electron chi connectivity index (χ3n) is 4.16. The predicted octanol–water partition coefficient (Wildman–Crippen LogP) is 4.05. The van der Waals surface area contributed by atoms with Crippen molar-refractivity contribution in [2.45, 2.75) is 51.5 Å². The van der Waals surface area contributed by atoms with E-state index in [1.807, 2.05) is 0 Å². The number of nitrogens with zero attached hydrogens (tertiary/aromatic N) is 1. The second-order valence-electron chi connectivity index (χ2n) is 5.65. The molecule has 2 nitrogen and oxygen atoms in total. The summed E-state index contributed by atoms with van der Waals surface area (Å²) in [5.74, 6) is -0.175. The van der Waals surface area contributed by atoms with Gasteiger partial charge < -0.3 is 0 Å². The van der Waals surface area contributed by atoms with Crippen molar-refractivity contribution in [1.29, 1.82) is 0 Å². The summed E-state index contributed by atoms with van der Waals surface area (Å²) in [6.07, 6.45) is 6.78. The lowest BCUT2D eigenvalue weighted by molar-refractivity contribution is 0.0919. The number of hydrogen-bond acceptors (Lipinski definition) is 2. The van der Waals surface area contributed by atoms with Crippen molar-refractivity contribution >= 4 is 5.78 Å². The summed E-state index contributed by atoms with van der Waals surface area (Å²) in [5.41, 5.74) is 0.621. The average molecular weight is 277 g/mol. The molecule has 0 radical (unpaired) electrons. The Morgan fingerprint density at radius 1 is 1.30 bits per heavy atom. The van der Waals surface area contributed by atoms with E-state index in [4.69, 9.17) is 0 Å². The van der Waals surface area contributed by atoms with Crippen molar-refractivity contribution in [3.05, 3.63) is 35.6 Å². The molecule has 0 N–H and O–H groups in total. The topological polar surface area (TPSA) is 20.3 Å². The van der Waals surface area contributed by atoms with Crippen LogP contribution >= 0.6 is 0 Å². The first kappa shape index (κ1) is 15.2. The SMILES string of the molecule is CCCC1CCCCN1CCC(=O)c1ccc(F)cc1. The van der Waals surface area contributed by atoms with Gasteiger partial charge in [-0.2, -0.15) is 0 Å². The Hall–Kier alpha value is -1.22. The lowest BCUT2D eigenvalue weighted by Crippen LogP contribution is -2.40. The molecule has 1 saturated heterocycles. The summed E-state index contributed by atoms with van der Waals surface area (Å²) in [6, 6.07) is 6.52. The van der Waals surface area contributed by atoms with E-state index in [2.05, 4.69) is 11.8 Å². The third kappa shape index (κ3) is 4.14. The van der Waals surface area contributed by atoms with Crippen LogP contribution in [-0.2, 0) is 0 Å². The largest absolute Gasteiger partial charge is 0.300 e. The van der Waals surface area contributed by atoms with Crippen molar-refractivity contribution in [2.24, 2.45) is 0 Å². The molecule has 1 fully saturated rings. The van der Waals surface area contributed by atoms with Crippen molar-refractivity contribution < 1.29 is 9.18 Å². The zero-order chi connectivity index (χ0) is 14.4. The van der Waals surface area contributed by atoms with E-state index in [0.29, 0.717) is 18.0 Å². The first-order valence-corrected chi connectivity index (χ1v) is 7.73. The van der Waals surface area contributed by atoms with Gasteiger partial charge in [-0.1, -0.05) is 19.8 Å². The van der Waals surface area contributed by atoms with Crippen molar-refractivity contribution in [3.63, 3.8) is 0 Å². The van der Waals surface area contributed by atoms with Crippen LogP contribution in [0.2, 0.25) is 0 Å². The average Bonchev–Trinajstić information content (AvgIpc) is 2.47. The maximum atomic E-state index is 12.8. The number of ketones is 1. The quantitative estimate of drug-likeness (QED) is 0.731. The molecule has 1 unspecified atom stereocenters. The van der Waals surface area contributed by atoms with E-state index in [9.17, 15) is 9.18 Å². The van der Waals surface area contributed by atoms with E-state index in [-0.39, 0.29) is 11.6 Å². The number of benzene rings is 1. The van der Waals surface area contributed by atoms with Gasteiger partial charge in [0.25, 0.3) is 0 Å². The molecule has 1 aromatic rings. The smallest absolute Gasteiger partial charge is 0.164 e. The highest BCUT2D eigenvalue weighted by atomic mass is 19.1. The highest BCUT2D eigenvalue weighted by molar-refractivity contribution is 5.96. The van der Waals surface area contributed by atoms with Gasteiger partial charge in [0.15, 0.2) is 5.78 Å². The Morgan fingerprint density at radius 3 is 2.75 bits per heavy atom. The number of rotatable bonds is 6. The number of Topliss-reactive ketones (excluding diaryl/α,β-unsaturated/α-hetero) is 1. The fourth-order valence-electron chi connectivity index (χ4n) is 3.04. The van der Waals surface area contributed by atoms with Crippen LogP contribution < -0.4 is 0 Å². The number of carbonyl (C=O) groups excluding carboxylic acids is 1. The molecule has 0 saturated carbocycles. The van der Waals surface area contributed by atoms with Crippen LogP contribution in [-0.4, -0.2) is 29.8 Å². The van der Waals surface area contributed by atoms with Gasteiger partial charge in [0, 0.05) is 24.6 Å². The molecule has 1 aliphatic heterocycles. The summed E-state index contributed by atoms with van der Waals surface area (Å²) >= 11 is 0. The van der Waals surface area contributed by atoms with Gasteiger partial charge in [0.05, 0.1) is 0 Å². The molecule has 3 heteroatoms. The van der Waals surface area contributed by atoms with Crippen LogP contribution in [0.3, 0.4) is 0 Å². The first-order valence-electron chi connectivity index (χ1n) is 7.73. The summed E-state index contributed by atoms with van der Waals surface area (Å²) in [7, 11) is 0. The van der Waals surface area contributed by atoms with E-state index in [0.717, 1.165) is 13.1 Å². The Labute approximate surface area is 121 Å². The zero-order valence-corrected chi connectivity index (χ0v) is 12.3. The van der Waals surface area contributed by atoms with E-state index in [1.165, 1.54) is 44.2 Å². The second kappa shape index (κ2) is 7.53. The number of carbonyl (C=O) groups is 1. The molecule has 1 aromatic carbocycles. The number of piperidine rings is 1. The van der Waals surface area contributed by atoms with Crippen LogP contribution in [0.1, 0.15) is 55.8 Å². The molecule has 110 valence electrons. The lowest BCUT2D eigenvalue weighted by Gasteiger charge is -2.35. The minimum atomic E-state index is -0.291. The molecule has 1 atom stereocenters. The molecule has 0 aromatic heterocycles. The van der Waals surface area contributed by atoms with Gasteiger partial charge in [0.1, 0.15) is 5.82 Å². The van der Waals surface area contributed by atoms with Crippen LogP contribution in [0.25, 0.3) is 0 Å². The summed E-state index contributed by atoms with van der Waals surface area (Å²) in [4.78, 5) is 14.6. The molecule has 0 bridgehead atoms. The fourth-order valence-corrected chi connectivity index (χ4v) is 3.04. The highest BCUT2D eigenvalue weighted by Gasteiger charge is 2.21. The molecule has 20 heavy (non-hydrogen) atoms. The third-order valence-corrected chi connectivity index (χ3v) is 4.16. The van der Waals surface area contributed by atoms with Crippen LogP contribution in [0.4, 0.5) is 4.39 Å². The summed E-state index contributed by atoms with van der Waals surface area (Å²) in [6.45, 7) is 4.17. The Balaban J connectivity index is 1.86. The maximum absolute atomic E-state index is 12.8. The molecule has 0 aliphatic carbocycles. The summed E-state index contributed by atoms with van der Waals surface area (Å²) < 4.78 is 12.8. The number of likely N-dealkylation sites (tertiary alicyclic amines) is 1. The molecule has 2 rings (SSSR count). The van der Waals surface area contributed by atoms with E-state index < -0.39 is 0 Å². The van der Waals surface area contributed by atoms with Crippen LogP contribution in [0, 0.1) is 5.82 Å². The Kier molecular flexibility index (Phi) is 5.72. The van der Waals surface area contributed by atoms with Crippen LogP contribution in [0.5, 0.6) is 0 Å². The highest BCUT2D eigenvalue weighted by Crippen LogP contribution is 2.21. The van der Waals surface area contributed by atoms with Gasteiger partial charge in [-0.05, 0) is 50.1 Å². The summed E-state index contributed by atoms with van der Waals surface area (Å²) in [5, 5.41) is 0. The molecular weight excluding hydrogens is 253 g/mol. The van der Waals surface area contributed by atoms with E-state index in [1.54, 1.807) is 12.1 Å². The van der Waals surface area contributed by atoms with Crippen molar-refractivity contribution in [2.75, 3.05) is 13.1 Å². The molecule has 0 spiro atoms. The van der Waals surface area contributed by atoms with Crippen molar-refractivity contribution in [3.8, 4) is 0 Å². The minimum absolute atomic E-state index is 0.117. The fraction of sp³-hybridized carbons (Fsp3) is 0.588. The monoisotopic (exact) mass is 277 g/mol. The second-order valence-corrected chi connectivity index (χ2v) is 5.65. The standard InChI is InChI=1S/C17H24FNO/c1-2-5-16-6-3-4-12-19(16)13-11-17(20)14-7-9-15(18)10-8-14/h7-10,16H,2-6,11-13H2,1H3. The molecular formula is C17H24FNO. The lowest BCUT2D eigenvalue weighted by atomic mass is 9.97. The van der Waals surface area contributed by atoms with Gasteiger partial charge in [-0.3, -0.25) is 9.69 Å². The van der Waals surface area contributed by atoms with Crippen molar-refractivity contribution in [1.82, 2.24) is 4.90 Å².